The average Bonchev–Trinajstić information content (AvgIpc) is 2.88. The van der Waals surface area contributed by atoms with Crippen LogP contribution in [0.15, 0.2) is 42.6 Å². The number of rotatable bonds is 4. The fraction of sp³-hybridized carbons (Fsp3) is 0.357. The first-order valence-corrected chi connectivity index (χ1v) is 5.92. The van der Waals surface area contributed by atoms with Crippen LogP contribution in [-0.4, -0.2) is 28.1 Å². The molecule has 4 nitrogen and oxygen atoms in total. The quantitative estimate of drug-likeness (QED) is 0.898. The van der Waals surface area contributed by atoms with Gasteiger partial charge >= 0.3 is 0 Å². The lowest BCUT2D eigenvalue weighted by atomic mass is 9.96. The summed E-state index contributed by atoms with van der Waals surface area (Å²) in [6.07, 6.45) is 1.36. The smallest absolute Gasteiger partial charge is 0.129 e. The monoisotopic (exact) mass is 246 g/mol. The molecule has 0 amide bonds. The Balaban J connectivity index is 2.46. The lowest BCUT2D eigenvalue weighted by Crippen LogP contribution is -2.37. The molecule has 0 fully saturated rings. The Hall–Kier alpha value is -1.65. The molecule has 1 heterocycles. The first-order chi connectivity index (χ1) is 8.57. The van der Waals surface area contributed by atoms with Crippen LogP contribution in [0, 0.1) is 0 Å². The first kappa shape index (κ1) is 12.8. The third kappa shape index (κ3) is 2.17. The predicted molar refractivity (Wildman–Crippen MR) is 69.6 cm³/mol. The standard InChI is InChI=1S/C14H18N2O2/c1-11(18-3)14(2,17)13-9-10-15-16(13)12-7-5-4-6-8-12/h4-11,17H,1-3H3. The number of hydrogen-bond acceptors (Lipinski definition) is 3. The van der Waals surface area contributed by atoms with Crippen LogP contribution in [-0.2, 0) is 10.3 Å². The van der Waals surface area contributed by atoms with Gasteiger partial charge in [0, 0.05) is 13.3 Å². The van der Waals surface area contributed by atoms with E-state index in [1.807, 2.05) is 43.3 Å². The number of hydrogen-bond donors (Lipinski definition) is 1. The summed E-state index contributed by atoms with van der Waals surface area (Å²) < 4.78 is 6.97. The molecule has 0 aliphatic rings. The van der Waals surface area contributed by atoms with E-state index in [0.717, 1.165) is 5.69 Å². The molecule has 0 bridgehead atoms. The van der Waals surface area contributed by atoms with E-state index in [2.05, 4.69) is 5.10 Å². The second-order valence-corrected chi connectivity index (χ2v) is 4.49. The molecule has 0 radical (unpaired) electrons. The van der Waals surface area contributed by atoms with E-state index in [4.69, 9.17) is 4.74 Å². The number of aliphatic hydroxyl groups is 1. The van der Waals surface area contributed by atoms with Crippen molar-refractivity contribution in [2.45, 2.75) is 25.6 Å². The van der Waals surface area contributed by atoms with Gasteiger partial charge in [0.05, 0.1) is 17.5 Å². The molecule has 0 aliphatic carbocycles. The van der Waals surface area contributed by atoms with E-state index in [1.165, 1.54) is 0 Å². The molecule has 18 heavy (non-hydrogen) atoms. The van der Waals surface area contributed by atoms with Gasteiger partial charge in [-0.25, -0.2) is 4.68 Å². The second kappa shape index (κ2) is 4.92. The number of ether oxygens (including phenoxy) is 1. The predicted octanol–water partition coefficient (Wildman–Crippen LogP) is 2.11. The zero-order valence-corrected chi connectivity index (χ0v) is 10.9. The van der Waals surface area contributed by atoms with Gasteiger partial charge in [0.1, 0.15) is 5.60 Å². The Bertz CT molecular complexity index is 506. The zero-order valence-electron chi connectivity index (χ0n) is 10.9. The average molecular weight is 246 g/mol. The highest BCUT2D eigenvalue weighted by atomic mass is 16.5. The minimum Gasteiger partial charge on any atom is -0.381 e. The largest absolute Gasteiger partial charge is 0.381 e. The van der Waals surface area contributed by atoms with E-state index in [9.17, 15) is 5.11 Å². The fourth-order valence-electron chi connectivity index (χ4n) is 1.90. The molecule has 2 aromatic rings. The summed E-state index contributed by atoms with van der Waals surface area (Å²) in [6, 6.07) is 11.5. The van der Waals surface area contributed by atoms with Crippen molar-refractivity contribution in [3.05, 3.63) is 48.3 Å². The van der Waals surface area contributed by atoms with Crippen molar-refractivity contribution in [1.29, 1.82) is 0 Å². The fourth-order valence-corrected chi connectivity index (χ4v) is 1.90. The van der Waals surface area contributed by atoms with E-state index < -0.39 is 5.60 Å². The molecule has 1 N–H and O–H groups in total. The van der Waals surface area contributed by atoms with Gasteiger partial charge in [0.15, 0.2) is 0 Å². The van der Waals surface area contributed by atoms with Gasteiger partial charge in [0.2, 0.25) is 0 Å². The van der Waals surface area contributed by atoms with E-state index in [-0.39, 0.29) is 6.10 Å². The summed E-state index contributed by atoms with van der Waals surface area (Å²) >= 11 is 0. The Morgan fingerprint density at radius 1 is 1.28 bits per heavy atom. The zero-order chi connectivity index (χ0) is 13.2. The van der Waals surface area contributed by atoms with Gasteiger partial charge in [-0.2, -0.15) is 5.10 Å². The molecule has 0 aliphatic heterocycles. The molecular weight excluding hydrogens is 228 g/mol. The minimum atomic E-state index is -1.10. The SMILES string of the molecule is COC(C)C(C)(O)c1ccnn1-c1ccccc1. The Morgan fingerprint density at radius 2 is 1.94 bits per heavy atom. The number of nitrogens with zero attached hydrogens (tertiary/aromatic N) is 2. The summed E-state index contributed by atoms with van der Waals surface area (Å²) in [5.41, 5.74) is 0.533. The maximum Gasteiger partial charge on any atom is 0.129 e. The molecule has 2 atom stereocenters. The minimum absolute atomic E-state index is 0.323. The summed E-state index contributed by atoms with van der Waals surface area (Å²) in [7, 11) is 1.59. The summed E-state index contributed by atoms with van der Waals surface area (Å²) in [4.78, 5) is 0. The molecule has 1 aromatic heterocycles. The third-order valence-corrected chi connectivity index (χ3v) is 3.31. The van der Waals surface area contributed by atoms with Crippen LogP contribution in [0.1, 0.15) is 19.5 Å². The molecule has 2 unspecified atom stereocenters. The molecule has 1 aromatic carbocycles. The van der Waals surface area contributed by atoms with Crippen molar-refractivity contribution in [2.24, 2.45) is 0 Å². The summed E-state index contributed by atoms with van der Waals surface area (Å²) in [6.45, 7) is 3.57. The van der Waals surface area contributed by atoms with Crippen LogP contribution in [0.2, 0.25) is 0 Å². The van der Waals surface area contributed by atoms with Crippen molar-refractivity contribution in [3.8, 4) is 5.69 Å². The maximum atomic E-state index is 10.6. The van der Waals surface area contributed by atoms with Gasteiger partial charge in [0.25, 0.3) is 0 Å². The van der Waals surface area contributed by atoms with Crippen molar-refractivity contribution < 1.29 is 9.84 Å². The maximum absolute atomic E-state index is 10.6. The molecule has 4 heteroatoms. The van der Waals surface area contributed by atoms with Crippen LogP contribution >= 0.6 is 0 Å². The normalized spacial score (nSPS) is 16.2. The topological polar surface area (TPSA) is 47.3 Å². The molecule has 0 saturated heterocycles. The van der Waals surface area contributed by atoms with Gasteiger partial charge < -0.3 is 9.84 Å². The molecule has 0 spiro atoms. The van der Waals surface area contributed by atoms with Crippen molar-refractivity contribution >= 4 is 0 Å². The van der Waals surface area contributed by atoms with Crippen molar-refractivity contribution in [2.75, 3.05) is 7.11 Å². The van der Waals surface area contributed by atoms with E-state index in [1.54, 1.807) is 24.9 Å². The van der Waals surface area contributed by atoms with Crippen LogP contribution in [0.5, 0.6) is 0 Å². The number of para-hydroxylation sites is 1. The van der Waals surface area contributed by atoms with Crippen molar-refractivity contribution in [1.82, 2.24) is 9.78 Å². The number of methoxy groups -OCH3 is 1. The van der Waals surface area contributed by atoms with Crippen LogP contribution in [0.25, 0.3) is 5.69 Å². The summed E-state index contributed by atoms with van der Waals surface area (Å²) in [5.74, 6) is 0. The van der Waals surface area contributed by atoms with Gasteiger partial charge in [-0.1, -0.05) is 18.2 Å². The van der Waals surface area contributed by atoms with Gasteiger partial charge in [-0.05, 0) is 32.0 Å². The Labute approximate surface area is 107 Å². The highest BCUT2D eigenvalue weighted by Crippen LogP contribution is 2.27. The highest BCUT2D eigenvalue weighted by molar-refractivity contribution is 5.34. The molecule has 2 rings (SSSR count). The van der Waals surface area contributed by atoms with Crippen LogP contribution in [0.3, 0.4) is 0 Å². The summed E-state index contributed by atoms with van der Waals surface area (Å²) in [5, 5.41) is 14.9. The second-order valence-electron chi connectivity index (χ2n) is 4.49. The Kier molecular flexibility index (Phi) is 3.50. The Morgan fingerprint density at radius 3 is 2.56 bits per heavy atom. The molecular formula is C14H18N2O2. The third-order valence-electron chi connectivity index (χ3n) is 3.31. The lowest BCUT2D eigenvalue weighted by Gasteiger charge is -2.29. The van der Waals surface area contributed by atoms with Gasteiger partial charge in [-0.3, -0.25) is 0 Å². The van der Waals surface area contributed by atoms with E-state index in [0.29, 0.717) is 5.69 Å². The molecule has 0 saturated carbocycles. The van der Waals surface area contributed by atoms with E-state index >= 15 is 0 Å². The lowest BCUT2D eigenvalue weighted by molar-refractivity contribution is -0.0811. The number of benzene rings is 1. The van der Waals surface area contributed by atoms with Gasteiger partial charge in [-0.15, -0.1) is 0 Å². The van der Waals surface area contributed by atoms with Crippen LogP contribution in [0.4, 0.5) is 0 Å². The first-order valence-electron chi connectivity index (χ1n) is 5.92. The number of aromatic nitrogens is 2. The van der Waals surface area contributed by atoms with Crippen molar-refractivity contribution in [3.63, 3.8) is 0 Å². The molecule has 96 valence electrons. The van der Waals surface area contributed by atoms with Crippen LogP contribution < -0.4 is 0 Å². The highest BCUT2D eigenvalue weighted by Gasteiger charge is 2.34.